The van der Waals surface area contributed by atoms with Crippen molar-refractivity contribution in [1.82, 2.24) is 20.4 Å². The molecule has 3 atom stereocenters. The van der Waals surface area contributed by atoms with Crippen molar-refractivity contribution < 1.29 is 23.5 Å². The Morgan fingerprint density at radius 3 is 2.45 bits per heavy atom. The highest BCUT2D eigenvalue weighted by molar-refractivity contribution is 6.31. The van der Waals surface area contributed by atoms with E-state index in [0.717, 1.165) is 18.4 Å². The van der Waals surface area contributed by atoms with Crippen molar-refractivity contribution in [2.75, 3.05) is 33.8 Å². The van der Waals surface area contributed by atoms with E-state index in [1.165, 1.54) is 19.2 Å². The highest BCUT2D eigenvalue weighted by Gasteiger charge is 2.38. The molecule has 0 radical (unpaired) electrons. The van der Waals surface area contributed by atoms with Gasteiger partial charge in [0.2, 0.25) is 11.8 Å². The molecule has 2 N–H and O–H groups in total. The third-order valence-electron chi connectivity index (χ3n) is 6.91. The topological polar surface area (TPSA) is 91.0 Å². The standard InChI is InChI=1S/C28H36ClFN4O4/c1-4-7-22-18-33(25(26(35)31-2)17-20-8-5-6-9-23(20)29)14-15-34(22)27(36)24(32-28(37)38-3)16-19-10-12-21(30)13-11-19/h5-6,8-13,22,24-25H,4,7,14-18H2,1-3H3,(H,31,35)(H,32,37). The van der Waals surface area contributed by atoms with Gasteiger partial charge in [-0.15, -0.1) is 0 Å². The number of halogens is 2. The Bertz CT molecular complexity index is 1100. The highest BCUT2D eigenvalue weighted by Crippen LogP contribution is 2.23. The van der Waals surface area contributed by atoms with Crippen molar-refractivity contribution in [1.29, 1.82) is 0 Å². The maximum atomic E-state index is 13.8. The van der Waals surface area contributed by atoms with Crippen LogP contribution in [0.4, 0.5) is 9.18 Å². The summed E-state index contributed by atoms with van der Waals surface area (Å²) >= 11 is 6.39. The summed E-state index contributed by atoms with van der Waals surface area (Å²) in [7, 11) is 2.86. The average Bonchev–Trinajstić information content (AvgIpc) is 2.92. The summed E-state index contributed by atoms with van der Waals surface area (Å²) < 4.78 is 18.2. The largest absolute Gasteiger partial charge is 0.453 e. The van der Waals surface area contributed by atoms with Crippen LogP contribution >= 0.6 is 11.6 Å². The predicted molar refractivity (Wildman–Crippen MR) is 144 cm³/mol. The van der Waals surface area contributed by atoms with Crippen LogP contribution in [-0.2, 0) is 27.2 Å². The fourth-order valence-corrected chi connectivity index (χ4v) is 5.13. The molecule has 2 aromatic carbocycles. The van der Waals surface area contributed by atoms with Crippen LogP contribution < -0.4 is 10.6 Å². The SMILES string of the molecule is CCCC1CN(C(Cc2ccccc2Cl)C(=O)NC)CCN1C(=O)C(Cc1ccc(F)cc1)NC(=O)OC. The first-order chi connectivity index (χ1) is 18.3. The summed E-state index contributed by atoms with van der Waals surface area (Å²) in [6, 6.07) is 11.8. The van der Waals surface area contributed by atoms with Gasteiger partial charge in [-0.1, -0.05) is 55.3 Å². The van der Waals surface area contributed by atoms with E-state index in [4.69, 9.17) is 16.3 Å². The van der Waals surface area contributed by atoms with E-state index in [0.29, 0.717) is 36.6 Å². The number of amides is 3. The van der Waals surface area contributed by atoms with Crippen LogP contribution in [0, 0.1) is 5.82 Å². The van der Waals surface area contributed by atoms with Gasteiger partial charge in [0.15, 0.2) is 0 Å². The van der Waals surface area contributed by atoms with Crippen molar-refractivity contribution in [2.24, 2.45) is 0 Å². The normalized spacial score (nSPS) is 17.4. The maximum Gasteiger partial charge on any atom is 0.407 e. The summed E-state index contributed by atoms with van der Waals surface area (Å²) in [6.07, 6.45) is 1.50. The van der Waals surface area contributed by atoms with Gasteiger partial charge in [-0.25, -0.2) is 9.18 Å². The lowest BCUT2D eigenvalue weighted by molar-refractivity contribution is -0.140. The zero-order valence-electron chi connectivity index (χ0n) is 22.1. The highest BCUT2D eigenvalue weighted by atomic mass is 35.5. The molecular weight excluding hydrogens is 511 g/mol. The molecule has 2 aromatic rings. The number of nitrogens with zero attached hydrogens (tertiary/aromatic N) is 2. The molecule has 1 heterocycles. The second kappa shape index (κ2) is 14.1. The van der Waals surface area contributed by atoms with E-state index in [1.807, 2.05) is 31.2 Å². The number of rotatable bonds is 10. The molecule has 0 bridgehead atoms. The fraction of sp³-hybridized carbons (Fsp3) is 0.464. The van der Waals surface area contributed by atoms with Crippen LogP contribution in [0.2, 0.25) is 5.02 Å². The number of likely N-dealkylation sites (N-methyl/N-ethyl adjacent to an activating group) is 1. The summed E-state index contributed by atoms with van der Waals surface area (Å²) in [5.74, 6) is -0.721. The number of hydrogen-bond acceptors (Lipinski definition) is 5. The number of carbonyl (C=O) groups is 3. The van der Waals surface area contributed by atoms with E-state index in [2.05, 4.69) is 15.5 Å². The van der Waals surface area contributed by atoms with Crippen LogP contribution in [0.15, 0.2) is 48.5 Å². The van der Waals surface area contributed by atoms with Gasteiger partial charge in [-0.3, -0.25) is 14.5 Å². The molecule has 3 rings (SSSR count). The summed E-state index contributed by atoms with van der Waals surface area (Å²) in [5, 5.41) is 6.03. The zero-order valence-corrected chi connectivity index (χ0v) is 22.8. The molecular formula is C28H36ClFN4O4. The number of ether oxygens (including phenoxy) is 1. The van der Waals surface area contributed by atoms with E-state index in [1.54, 1.807) is 24.1 Å². The minimum absolute atomic E-state index is 0.110. The average molecular weight is 547 g/mol. The van der Waals surface area contributed by atoms with Crippen molar-refractivity contribution in [3.05, 3.63) is 70.5 Å². The molecule has 1 fully saturated rings. The number of carbonyl (C=O) groups excluding carboxylic acids is 3. The van der Waals surface area contributed by atoms with Crippen LogP contribution in [0.1, 0.15) is 30.9 Å². The first-order valence-electron chi connectivity index (χ1n) is 12.9. The summed E-state index contributed by atoms with van der Waals surface area (Å²) in [5.41, 5.74) is 1.60. The smallest absolute Gasteiger partial charge is 0.407 e. The number of alkyl carbamates (subject to hydrolysis) is 1. The quantitative estimate of drug-likeness (QED) is 0.476. The monoisotopic (exact) mass is 546 g/mol. The molecule has 1 saturated heterocycles. The Balaban J connectivity index is 1.81. The zero-order chi connectivity index (χ0) is 27.7. The van der Waals surface area contributed by atoms with Gasteiger partial charge >= 0.3 is 6.09 Å². The molecule has 8 nitrogen and oxygen atoms in total. The van der Waals surface area contributed by atoms with Gasteiger partial charge in [0, 0.05) is 44.2 Å². The van der Waals surface area contributed by atoms with Gasteiger partial charge in [-0.05, 0) is 42.2 Å². The Labute approximate surface area is 228 Å². The Hall–Kier alpha value is -3.17. The molecule has 0 spiro atoms. The van der Waals surface area contributed by atoms with Crippen LogP contribution in [0.25, 0.3) is 0 Å². The number of nitrogens with one attached hydrogen (secondary N) is 2. The van der Waals surface area contributed by atoms with Gasteiger partial charge in [0.1, 0.15) is 11.9 Å². The van der Waals surface area contributed by atoms with E-state index in [-0.39, 0.29) is 30.1 Å². The third kappa shape index (κ3) is 7.68. The fourth-order valence-electron chi connectivity index (χ4n) is 4.92. The molecule has 3 unspecified atom stereocenters. The molecule has 1 aliphatic heterocycles. The first kappa shape index (κ1) is 29.4. The molecule has 0 aromatic heterocycles. The maximum absolute atomic E-state index is 13.8. The lowest BCUT2D eigenvalue weighted by Crippen LogP contribution is -2.63. The molecule has 0 aliphatic carbocycles. The predicted octanol–water partition coefficient (Wildman–Crippen LogP) is 3.42. The van der Waals surface area contributed by atoms with Gasteiger partial charge < -0.3 is 20.3 Å². The van der Waals surface area contributed by atoms with Crippen molar-refractivity contribution in [3.63, 3.8) is 0 Å². The number of hydrogen-bond donors (Lipinski definition) is 2. The van der Waals surface area contributed by atoms with Crippen molar-refractivity contribution >= 4 is 29.5 Å². The summed E-state index contributed by atoms with van der Waals surface area (Å²) in [4.78, 5) is 42.7. The molecule has 38 heavy (non-hydrogen) atoms. The number of methoxy groups -OCH3 is 1. The lowest BCUT2D eigenvalue weighted by Gasteiger charge is -2.45. The van der Waals surface area contributed by atoms with Crippen molar-refractivity contribution in [2.45, 2.75) is 50.7 Å². The van der Waals surface area contributed by atoms with Crippen LogP contribution in [-0.4, -0.2) is 79.6 Å². The van der Waals surface area contributed by atoms with Gasteiger partial charge in [0.05, 0.1) is 13.2 Å². The molecule has 3 amide bonds. The minimum atomic E-state index is -0.878. The van der Waals surface area contributed by atoms with Crippen molar-refractivity contribution in [3.8, 4) is 0 Å². The molecule has 0 saturated carbocycles. The molecule has 1 aliphatic rings. The van der Waals surface area contributed by atoms with Crippen LogP contribution in [0.3, 0.4) is 0 Å². The minimum Gasteiger partial charge on any atom is -0.453 e. The van der Waals surface area contributed by atoms with E-state index < -0.39 is 18.2 Å². The van der Waals surface area contributed by atoms with E-state index in [9.17, 15) is 18.8 Å². The van der Waals surface area contributed by atoms with Crippen LogP contribution in [0.5, 0.6) is 0 Å². The molecule has 206 valence electrons. The number of piperazine rings is 1. The third-order valence-corrected chi connectivity index (χ3v) is 7.28. The Morgan fingerprint density at radius 1 is 1.11 bits per heavy atom. The number of benzene rings is 2. The lowest BCUT2D eigenvalue weighted by atomic mass is 9.98. The summed E-state index contributed by atoms with van der Waals surface area (Å²) in [6.45, 7) is 3.42. The second-order valence-corrected chi connectivity index (χ2v) is 9.82. The Kier molecular flexibility index (Phi) is 10.9. The second-order valence-electron chi connectivity index (χ2n) is 9.41. The van der Waals surface area contributed by atoms with Gasteiger partial charge in [0.25, 0.3) is 0 Å². The van der Waals surface area contributed by atoms with Gasteiger partial charge in [-0.2, -0.15) is 0 Å². The first-order valence-corrected chi connectivity index (χ1v) is 13.2. The Morgan fingerprint density at radius 2 is 1.82 bits per heavy atom. The molecule has 10 heteroatoms. The van der Waals surface area contributed by atoms with E-state index >= 15 is 0 Å².